The highest BCUT2D eigenvalue weighted by Crippen LogP contribution is 2.17. The van der Waals surface area contributed by atoms with Gasteiger partial charge in [0.05, 0.1) is 9.77 Å². The van der Waals surface area contributed by atoms with E-state index < -0.39 is 10.0 Å². The number of hydrogen-bond acceptors (Lipinski definition) is 4. The van der Waals surface area contributed by atoms with Gasteiger partial charge in [-0.15, -0.1) is 11.3 Å². The molecule has 0 aliphatic carbocycles. The molecule has 0 spiro atoms. The Morgan fingerprint density at radius 1 is 1.19 bits per heavy atom. The van der Waals surface area contributed by atoms with Crippen LogP contribution >= 0.6 is 11.3 Å². The number of carbonyl (C=O) groups excluding carboxylic acids is 1. The van der Waals surface area contributed by atoms with E-state index in [1.54, 1.807) is 30.3 Å². The van der Waals surface area contributed by atoms with Gasteiger partial charge in [0.2, 0.25) is 10.0 Å². The zero-order chi connectivity index (χ0) is 15.5. The van der Waals surface area contributed by atoms with Crippen LogP contribution in [0.2, 0.25) is 0 Å². The van der Waals surface area contributed by atoms with Gasteiger partial charge in [0.15, 0.2) is 6.29 Å². The van der Waals surface area contributed by atoms with E-state index in [2.05, 4.69) is 4.72 Å². The number of hydrogen-bond donors (Lipinski definition) is 1. The molecular formula is C15H17NO3S2. The second kappa shape index (κ2) is 6.51. The minimum absolute atomic E-state index is 0.241. The standard InChI is InChI=1S/C15H17NO3S2/c1-11-3-7-15(8-4-11)21(18,19)16-12(2)9-13-5-6-14(10-17)20-13/h3-8,10,12,16H,9H2,1-2H3/t12-/m0/s1. The number of aryl methyl sites for hydroxylation is 1. The van der Waals surface area contributed by atoms with E-state index in [-0.39, 0.29) is 10.9 Å². The Bertz CT molecular complexity index is 718. The Kier molecular flexibility index (Phi) is 4.92. The first-order valence-electron chi connectivity index (χ1n) is 6.53. The van der Waals surface area contributed by atoms with Crippen molar-refractivity contribution in [2.75, 3.05) is 0 Å². The van der Waals surface area contributed by atoms with Crippen molar-refractivity contribution in [3.8, 4) is 0 Å². The van der Waals surface area contributed by atoms with E-state index in [9.17, 15) is 13.2 Å². The lowest BCUT2D eigenvalue weighted by Crippen LogP contribution is -2.33. The van der Waals surface area contributed by atoms with Crippen molar-refractivity contribution in [1.82, 2.24) is 4.72 Å². The molecule has 1 N–H and O–H groups in total. The van der Waals surface area contributed by atoms with Crippen LogP contribution in [-0.2, 0) is 16.4 Å². The summed E-state index contributed by atoms with van der Waals surface area (Å²) in [6.45, 7) is 3.72. The fourth-order valence-electron chi connectivity index (χ4n) is 1.96. The minimum atomic E-state index is -3.51. The van der Waals surface area contributed by atoms with Crippen LogP contribution in [0.3, 0.4) is 0 Å². The van der Waals surface area contributed by atoms with E-state index >= 15 is 0 Å². The van der Waals surface area contributed by atoms with E-state index in [1.807, 2.05) is 19.9 Å². The van der Waals surface area contributed by atoms with Gasteiger partial charge in [0.1, 0.15) is 0 Å². The zero-order valence-electron chi connectivity index (χ0n) is 11.9. The topological polar surface area (TPSA) is 63.2 Å². The molecular weight excluding hydrogens is 306 g/mol. The van der Waals surface area contributed by atoms with E-state index in [1.165, 1.54) is 11.3 Å². The maximum Gasteiger partial charge on any atom is 0.240 e. The average Bonchev–Trinajstić information content (AvgIpc) is 2.86. The van der Waals surface area contributed by atoms with Gasteiger partial charge in [-0.2, -0.15) is 0 Å². The molecule has 0 aliphatic heterocycles. The predicted octanol–water partition coefficient (Wildman–Crippen LogP) is 2.78. The van der Waals surface area contributed by atoms with Crippen LogP contribution in [0.5, 0.6) is 0 Å². The minimum Gasteiger partial charge on any atom is -0.297 e. The van der Waals surface area contributed by atoms with Gasteiger partial charge >= 0.3 is 0 Å². The normalized spacial score (nSPS) is 13.0. The maximum absolute atomic E-state index is 12.2. The molecule has 0 amide bonds. The number of benzene rings is 1. The highest BCUT2D eigenvalue weighted by molar-refractivity contribution is 7.89. The zero-order valence-corrected chi connectivity index (χ0v) is 13.5. The molecule has 2 aromatic rings. The molecule has 4 nitrogen and oxygen atoms in total. The Morgan fingerprint density at radius 3 is 2.43 bits per heavy atom. The third kappa shape index (κ3) is 4.23. The number of carbonyl (C=O) groups is 1. The summed E-state index contributed by atoms with van der Waals surface area (Å²) in [7, 11) is -3.51. The molecule has 0 bridgehead atoms. The molecule has 0 aliphatic rings. The first-order chi connectivity index (χ1) is 9.90. The van der Waals surface area contributed by atoms with Crippen LogP contribution in [0.15, 0.2) is 41.3 Å². The number of thiophene rings is 1. The highest BCUT2D eigenvalue weighted by atomic mass is 32.2. The summed E-state index contributed by atoms with van der Waals surface area (Å²) in [4.78, 5) is 12.5. The van der Waals surface area contributed by atoms with Crippen LogP contribution in [0.1, 0.15) is 27.0 Å². The van der Waals surface area contributed by atoms with E-state index in [4.69, 9.17) is 0 Å². The fraction of sp³-hybridized carbons (Fsp3) is 0.267. The maximum atomic E-state index is 12.2. The second-order valence-corrected chi connectivity index (χ2v) is 7.88. The van der Waals surface area contributed by atoms with Gasteiger partial charge < -0.3 is 0 Å². The summed E-state index contributed by atoms with van der Waals surface area (Å²) in [6.07, 6.45) is 1.36. The van der Waals surface area contributed by atoms with Gasteiger partial charge in [-0.1, -0.05) is 17.7 Å². The lowest BCUT2D eigenvalue weighted by atomic mass is 10.2. The van der Waals surface area contributed by atoms with Crippen LogP contribution in [0.25, 0.3) is 0 Å². The molecule has 1 aromatic heterocycles. The van der Waals surface area contributed by atoms with Crippen molar-refractivity contribution in [3.63, 3.8) is 0 Å². The third-order valence-electron chi connectivity index (χ3n) is 2.99. The third-order valence-corrected chi connectivity index (χ3v) is 5.63. The van der Waals surface area contributed by atoms with Crippen molar-refractivity contribution in [2.45, 2.75) is 31.2 Å². The molecule has 0 unspecified atom stereocenters. The number of nitrogens with one attached hydrogen (secondary N) is 1. The average molecular weight is 323 g/mol. The summed E-state index contributed by atoms with van der Waals surface area (Å²) >= 11 is 1.38. The molecule has 0 saturated carbocycles. The number of aldehydes is 1. The molecule has 1 atom stereocenters. The molecule has 0 radical (unpaired) electrons. The molecule has 2 rings (SSSR count). The van der Waals surface area contributed by atoms with Crippen LogP contribution < -0.4 is 4.72 Å². The first-order valence-corrected chi connectivity index (χ1v) is 8.83. The SMILES string of the molecule is Cc1ccc(S(=O)(=O)N[C@@H](C)Cc2ccc(C=O)s2)cc1. The van der Waals surface area contributed by atoms with Gasteiger partial charge in [-0.3, -0.25) is 4.79 Å². The van der Waals surface area contributed by atoms with Crippen molar-refractivity contribution >= 4 is 27.6 Å². The highest BCUT2D eigenvalue weighted by Gasteiger charge is 2.17. The molecule has 1 heterocycles. The summed E-state index contributed by atoms with van der Waals surface area (Å²) in [5.74, 6) is 0. The summed E-state index contributed by atoms with van der Waals surface area (Å²) in [6, 6.07) is 10.1. The van der Waals surface area contributed by atoms with Crippen molar-refractivity contribution in [2.24, 2.45) is 0 Å². The molecule has 0 fully saturated rings. The van der Waals surface area contributed by atoms with Crippen molar-refractivity contribution in [3.05, 3.63) is 51.7 Å². The Balaban J connectivity index is 2.05. The van der Waals surface area contributed by atoms with Crippen LogP contribution in [0, 0.1) is 6.92 Å². The van der Waals surface area contributed by atoms with Crippen LogP contribution in [-0.4, -0.2) is 20.7 Å². The Morgan fingerprint density at radius 2 is 1.86 bits per heavy atom. The first kappa shape index (κ1) is 15.9. The number of rotatable bonds is 6. The lowest BCUT2D eigenvalue weighted by Gasteiger charge is -2.13. The molecule has 112 valence electrons. The van der Waals surface area contributed by atoms with E-state index in [0.29, 0.717) is 11.3 Å². The smallest absolute Gasteiger partial charge is 0.240 e. The fourth-order valence-corrected chi connectivity index (χ4v) is 4.16. The van der Waals surface area contributed by atoms with Crippen LogP contribution in [0.4, 0.5) is 0 Å². The lowest BCUT2D eigenvalue weighted by molar-refractivity contribution is 0.112. The van der Waals surface area contributed by atoms with Gasteiger partial charge in [0, 0.05) is 10.9 Å². The monoisotopic (exact) mass is 323 g/mol. The predicted molar refractivity (Wildman–Crippen MR) is 84.4 cm³/mol. The molecule has 1 aromatic carbocycles. The van der Waals surface area contributed by atoms with Gasteiger partial charge in [-0.05, 0) is 44.5 Å². The van der Waals surface area contributed by atoms with Gasteiger partial charge in [0.25, 0.3) is 0 Å². The summed E-state index contributed by atoms with van der Waals surface area (Å²) < 4.78 is 27.1. The molecule has 21 heavy (non-hydrogen) atoms. The van der Waals surface area contributed by atoms with E-state index in [0.717, 1.165) is 16.7 Å². The number of sulfonamides is 1. The Labute approximate surface area is 128 Å². The summed E-state index contributed by atoms with van der Waals surface area (Å²) in [5, 5.41) is 0. The van der Waals surface area contributed by atoms with Crippen molar-refractivity contribution < 1.29 is 13.2 Å². The molecule has 0 saturated heterocycles. The van der Waals surface area contributed by atoms with Gasteiger partial charge in [-0.25, -0.2) is 13.1 Å². The Hall–Kier alpha value is -1.50. The quantitative estimate of drug-likeness (QED) is 0.832. The second-order valence-electron chi connectivity index (χ2n) is 4.96. The van der Waals surface area contributed by atoms with Crippen molar-refractivity contribution in [1.29, 1.82) is 0 Å². The molecule has 6 heteroatoms. The largest absolute Gasteiger partial charge is 0.297 e. The summed E-state index contributed by atoms with van der Waals surface area (Å²) in [5.41, 5.74) is 1.02.